The summed E-state index contributed by atoms with van der Waals surface area (Å²) in [7, 11) is 1.33. The standard InChI is InChI=1S/C20H19F2NO5/c1-26-17-11-13(8-9-16(17)28-20(21)22)12-27-19(25)14-5-2-3-6-15(14)23-10-4-7-18(23)24/h2-3,5-6,8-9,11,20H,4,7,10,12H2,1H3. The van der Waals surface area contributed by atoms with Crippen molar-refractivity contribution < 1.29 is 32.6 Å². The van der Waals surface area contributed by atoms with Crippen molar-refractivity contribution in [1.29, 1.82) is 0 Å². The zero-order valence-corrected chi connectivity index (χ0v) is 15.2. The quantitative estimate of drug-likeness (QED) is 0.672. The van der Waals surface area contributed by atoms with Crippen LogP contribution in [-0.2, 0) is 16.1 Å². The number of ether oxygens (including phenoxy) is 3. The van der Waals surface area contributed by atoms with Gasteiger partial charge in [0.05, 0.1) is 18.4 Å². The summed E-state index contributed by atoms with van der Waals surface area (Å²) in [6.45, 7) is -2.50. The van der Waals surface area contributed by atoms with E-state index in [1.54, 1.807) is 29.2 Å². The van der Waals surface area contributed by atoms with Crippen molar-refractivity contribution in [3.63, 3.8) is 0 Å². The molecule has 0 aliphatic carbocycles. The highest BCUT2D eigenvalue weighted by Crippen LogP contribution is 2.30. The second-order valence-corrected chi connectivity index (χ2v) is 6.11. The van der Waals surface area contributed by atoms with Crippen LogP contribution in [0.25, 0.3) is 0 Å². The monoisotopic (exact) mass is 391 g/mol. The number of alkyl halides is 2. The first-order valence-corrected chi connectivity index (χ1v) is 8.68. The average Bonchev–Trinajstić information content (AvgIpc) is 3.12. The number of para-hydroxylation sites is 1. The maximum Gasteiger partial charge on any atom is 0.387 e. The normalized spacial score (nSPS) is 13.7. The molecule has 1 fully saturated rings. The van der Waals surface area contributed by atoms with Crippen molar-refractivity contribution in [3.8, 4) is 11.5 Å². The second kappa shape index (κ2) is 8.69. The summed E-state index contributed by atoms with van der Waals surface area (Å²) in [5, 5.41) is 0. The molecule has 1 aliphatic rings. The molecule has 1 saturated heterocycles. The highest BCUT2D eigenvalue weighted by atomic mass is 19.3. The number of nitrogens with zero attached hydrogens (tertiary/aromatic N) is 1. The molecule has 0 unspecified atom stereocenters. The zero-order chi connectivity index (χ0) is 20.1. The third-order valence-electron chi connectivity index (χ3n) is 4.30. The van der Waals surface area contributed by atoms with Crippen molar-refractivity contribution in [2.24, 2.45) is 0 Å². The van der Waals surface area contributed by atoms with E-state index in [9.17, 15) is 18.4 Å². The van der Waals surface area contributed by atoms with Crippen LogP contribution in [0.2, 0.25) is 0 Å². The van der Waals surface area contributed by atoms with E-state index in [1.165, 1.54) is 25.3 Å². The maximum absolute atomic E-state index is 12.6. The summed E-state index contributed by atoms with van der Waals surface area (Å²) in [5.74, 6) is -0.607. The summed E-state index contributed by atoms with van der Waals surface area (Å²) in [6.07, 6.45) is 1.20. The molecule has 1 aliphatic heterocycles. The van der Waals surface area contributed by atoms with Crippen LogP contribution in [0.15, 0.2) is 42.5 Å². The summed E-state index contributed by atoms with van der Waals surface area (Å²) in [5.41, 5.74) is 1.36. The molecule has 0 bridgehead atoms. The number of anilines is 1. The zero-order valence-electron chi connectivity index (χ0n) is 15.2. The number of benzene rings is 2. The van der Waals surface area contributed by atoms with Crippen LogP contribution in [0, 0.1) is 0 Å². The van der Waals surface area contributed by atoms with Gasteiger partial charge in [-0.2, -0.15) is 8.78 Å². The van der Waals surface area contributed by atoms with E-state index >= 15 is 0 Å². The third-order valence-corrected chi connectivity index (χ3v) is 4.30. The molecule has 0 N–H and O–H groups in total. The van der Waals surface area contributed by atoms with Crippen LogP contribution in [0.4, 0.5) is 14.5 Å². The third kappa shape index (κ3) is 4.39. The lowest BCUT2D eigenvalue weighted by atomic mass is 10.1. The molecule has 28 heavy (non-hydrogen) atoms. The van der Waals surface area contributed by atoms with E-state index < -0.39 is 12.6 Å². The van der Waals surface area contributed by atoms with Gasteiger partial charge in [0.15, 0.2) is 11.5 Å². The predicted octanol–water partition coefficient (Wildman–Crippen LogP) is 3.78. The Hall–Kier alpha value is -3.16. The molecule has 148 valence electrons. The van der Waals surface area contributed by atoms with Crippen molar-refractivity contribution in [2.75, 3.05) is 18.6 Å². The first-order valence-electron chi connectivity index (χ1n) is 8.68. The smallest absolute Gasteiger partial charge is 0.387 e. The van der Waals surface area contributed by atoms with Crippen LogP contribution in [0.3, 0.4) is 0 Å². The summed E-state index contributed by atoms with van der Waals surface area (Å²) in [4.78, 5) is 26.1. The van der Waals surface area contributed by atoms with Gasteiger partial charge in [-0.3, -0.25) is 4.79 Å². The Labute approximate surface area is 160 Å². The number of methoxy groups -OCH3 is 1. The van der Waals surface area contributed by atoms with E-state index in [4.69, 9.17) is 9.47 Å². The Bertz CT molecular complexity index is 871. The lowest BCUT2D eigenvalue weighted by Gasteiger charge is -2.19. The number of amides is 1. The Morgan fingerprint density at radius 3 is 2.64 bits per heavy atom. The fraction of sp³-hybridized carbons (Fsp3) is 0.300. The minimum Gasteiger partial charge on any atom is -0.493 e. The summed E-state index contributed by atoms with van der Waals surface area (Å²) in [6, 6.07) is 11.0. The van der Waals surface area contributed by atoms with E-state index in [1.807, 2.05) is 0 Å². The van der Waals surface area contributed by atoms with Crippen LogP contribution < -0.4 is 14.4 Å². The molecule has 1 heterocycles. The van der Waals surface area contributed by atoms with E-state index in [0.717, 1.165) is 6.42 Å². The minimum atomic E-state index is -2.97. The van der Waals surface area contributed by atoms with Gasteiger partial charge in [-0.15, -0.1) is 0 Å². The number of rotatable bonds is 7. The van der Waals surface area contributed by atoms with E-state index in [2.05, 4.69) is 4.74 Å². The highest BCUT2D eigenvalue weighted by Gasteiger charge is 2.26. The molecule has 3 rings (SSSR count). The van der Waals surface area contributed by atoms with Crippen molar-refractivity contribution >= 4 is 17.6 Å². The Kier molecular flexibility index (Phi) is 6.08. The van der Waals surface area contributed by atoms with Gasteiger partial charge in [-0.05, 0) is 36.2 Å². The van der Waals surface area contributed by atoms with Gasteiger partial charge in [-0.25, -0.2) is 4.79 Å². The van der Waals surface area contributed by atoms with Gasteiger partial charge in [0.2, 0.25) is 5.91 Å². The molecular formula is C20H19F2NO5. The van der Waals surface area contributed by atoms with E-state index in [-0.39, 0.29) is 24.0 Å². The van der Waals surface area contributed by atoms with Crippen molar-refractivity contribution in [3.05, 3.63) is 53.6 Å². The molecule has 1 amide bonds. The van der Waals surface area contributed by atoms with Gasteiger partial charge in [-0.1, -0.05) is 18.2 Å². The Balaban J connectivity index is 1.72. The second-order valence-electron chi connectivity index (χ2n) is 6.11. The maximum atomic E-state index is 12.6. The fourth-order valence-electron chi connectivity index (χ4n) is 3.01. The van der Waals surface area contributed by atoms with Crippen molar-refractivity contribution in [1.82, 2.24) is 0 Å². The lowest BCUT2D eigenvalue weighted by Crippen LogP contribution is -2.26. The molecule has 0 saturated carbocycles. The van der Waals surface area contributed by atoms with Crippen LogP contribution >= 0.6 is 0 Å². The van der Waals surface area contributed by atoms with Gasteiger partial charge < -0.3 is 19.1 Å². The van der Waals surface area contributed by atoms with E-state index in [0.29, 0.717) is 29.8 Å². The Morgan fingerprint density at radius 2 is 1.96 bits per heavy atom. The summed E-state index contributed by atoms with van der Waals surface area (Å²) >= 11 is 0. The van der Waals surface area contributed by atoms with Gasteiger partial charge >= 0.3 is 12.6 Å². The molecule has 2 aromatic carbocycles. The number of hydrogen-bond acceptors (Lipinski definition) is 5. The largest absolute Gasteiger partial charge is 0.493 e. The SMILES string of the molecule is COc1cc(COC(=O)c2ccccc2N2CCCC2=O)ccc1OC(F)F. The molecule has 0 aromatic heterocycles. The molecular weight excluding hydrogens is 372 g/mol. The molecule has 2 aromatic rings. The first-order chi connectivity index (χ1) is 13.5. The fourth-order valence-corrected chi connectivity index (χ4v) is 3.01. The van der Waals surface area contributed by atoms with Gasteiger partial charge in [0.1, 0.15) is 6.61 Å². The van der Waals surface area contributed by atoms with Crippen LogP contribution in [-0.4, -0.2) is 32.1 Å². The molecule has 0 atom stereocenters. The molecule has 0 radical (unpaired) electrons. The van der Waals surface area contributed by atoms with Crippen molar-refractivity contribution in [2.45, 2.75) is 26.1 Å². The number of carbonyl (C=O) groups excluding carboxylic acids is 2. The van der Waals surface area contributed by atoms with Gasteiger partial charge in [0.25, 0.3) is 0 Å². The Morgan fingerprint density at radius 1 is 1.18 bits per heavy atom. The number of carbonyl (C=O) groups is 2. The summed E-state index contributed by atoms with van der Waals surface area (Å²) < 4.78 is 39.5. The van der Waals surface area contributed by atoms with Crippen LogP contribution in [0.5, 0.6) is 11.5 Å². The lowest BCUT2D eigenvalue weighted by molar-refractivity contribution is -0.117. The topological polar surface area (TPSA) is 65.1 Å². The minimum absolute atomic E-state index is 0.0281. The van der Waals surface area contributed by atoms with Crippen LogP contribution in [0.1, 0.15) is 28.8 Å². The molecule has 6 nitrogen and oxygen atoms in total. The predicted molar refractivity (Wildman–Crippen MR) is 96.8 cm³/mol. The number of hydrogen-bond donors (Lipinski definition) is 0. The number of esters is 1. The first kappa shape index (κ1) is 19.6. The number of halogens is 2. The average molecular weight is 391 g/mol. The molecule has 8 heteroatoms. The molecule has 0 spiro atoms. The van der Waals surface area contributed by atoms with Gasteiger partial charge in [0, 0.05) is 13.0 Å². The highest BCUT2D eigenvalue weighted by molar-refractivity contribution is 6.03.